The molecule has 35 heavy (non-hydrogen) atoms. The van der Waals surface area contributed by atoms with Gasteiger partial charge in [-0.15, -0.1) is 6.58 Å². The van der Waals surface area contributed by atoms with E-state index in [0.717, 1.165) is 22.3 Å². The summed E-state index contributed by atoms with van der Waals surface area (Å²) >= 11 is 0. The third-order valence-corrected chi connectivity index (χ3v) is 7.80. The zero-order chi connectivity index (χ0) is 24.6. The molecule has 2 aromatic rings. The normalized spacial score (nSPS) is 24.5. The highest BCUT2D eigenvalue weighted by atomic mass is 16.5. The SMILES string of the molecule is C=CCCC(NC(=O)OCC1c2ccccc2-c2ccccc21)C(=O)N[C@H]1C[C@@H]2C[C@]2(C(=O)O)C1. The van der Waals surface area contributed by atoms with E-state index in [1.807, 2.05) is 24.3 Å². The van der Waals surface area contributed by atoms with Crippen LogP contribution in [-0.2, 0) is 14.3 Å². The topological polar surface area (TPSA) is 105 Å². The lowest BCUT2D eigenvalue weighted by atomic mass is 9.98. The number of carboxylic acid groups (broad SMARTS) is 1. The third-order valence-electron chi connectivity index (χ3n) is 7.80. The van der Waals surface area contributed by atoms with Crippen LogP contribution in [0.15, 0.2) is 61.2 Å². The summed E-state index contributed by atoms with van der Waals surface area (Å²) in [6, 6.07) is 15.3. The molecular weight excluding hydrogens is 444 g/mol. The number of nitrogens with one attached hydrogen (secondary N) is 2. The number of ether oxygens (including phenoxy) is 1. The molecule has 3 aliphatic carbocycles. The number of carboxylic acids is 1. The summed E-state index contributed by atoms with van der Waals surface area (Å²) in [4.78, 5) is 37.2. The molecule has 2 aromatic carbocycles. The maximum atomic E-state index is 13.0. The highest BCUT2D eigenvalue weighted by molar-refractivity contribution is 5.86. The van der Waals surface area contributed by atoms with Crippen molar-refractivity contribution in [2.24, 2.45) is 11.3 Å². The van der Waals surface area contributed by atoms with Crippen LogP contribution in [0.1, 0.15) is 49.1 Å². The minimum absolute atomic E-state index is 0.0639. The zero-order valence-corrected chi connectivity index (χ0v) is 19.5. The maximum absolute atomic E-state index is 13.0. The largest absolute Gasteiger partial charge is 0.481 e. The molecule has 5 rings (SSSR count). The smallest absolute Gasteiger partial charge is 0.407 e. The van der Waals surface area contributed by atoms with Crippen molar-refractivity contribution in [3.8, 4) is 11.1 Å². The van der Waals surface area contributed by atoms with Gasteiger partial charge in [-0.25, -0.2) is 4.79 Å². The van der Waals surface area contributed by atoms with E-state index in [1.165, 1.54) is 0 Å². The highest BCUT2D eigenvalue weighted by Gasteiger charge is 2.65. The van der Waals surface area contributed by atoms with Gasteiger partial charge in [-0.1, -0.05) is 54.6 Å². The van der Waals surface area contributed by atoms with Crippen LogP contribution in [0.2, 0.25) is 0 Å². The highest BCUT2D eigenvalue weighted by Crippen LogP contribution is 2.63. The van der Waals surface area contributed by atoms with Crippen LogP contribution >= 0.6 is 0 Å². The Kier molecular flexibility index (Phi) is 6.09. The van der Waals surface area contributed by atoms with E-state index in [9.17, 15) is 19.5 Å². The van der Waals surface area contributed by atoms with E-state index in [1.54, 1.807) is 6.08 Å². The van der Waals surface area contributed by atoms with Crippen LogP contribution in [0.25, 0.3) is 11.1 Å². The molecule has 2 saturated carbocycles. The first-order chi connectivity index (χ1) is 16.9. The number of benzene rings is 2. The van der Waals surface area contributed by atoms with Crippen molar-refractivity contribution in [3.05, 3.63) is 72.3 Å². The molecule has 2 fully saturated rings. The van der Waals surface area contributed by atoms with Gasteiger partial charge in [0.15, 0.2) is 0 Å². The second kappa shape index (κ2) is 9.21. The predicted molar refractivity (Wildman–Crippen MR) is 131 cm³/mol. The standard InChI is InChI=1S/C28H30N2O5/c1-2-3-12-24(25(31)29-18-13-17-14-28(17,15-18)26(32)33)30-27(34)35-16-23-21-10-6-4-8-19(21)20-9-5-7-11-22(20)23/h2,4-11,17-18,23-24H,1,3,12-16H2,(H,29,31)(H,30,34)(H,32,33)/t17-,18+,24?,28+/m1/s1. The summed E-state index contributed by atoms with van der Waals surface area (Å²) in [6.07, 6.45) is 3.78. The number of alkyl carbamates (subject to hydrolysis) is 1. The Hall–Kier alpha value is -3.61. The van der Waals surface area contributed by atoms with Crippen LogP contribution in [0.5, 0.6) is 0 Å². The van der Waals surface area contributed by atoms with Gasteiger partial charge in [-0.3, -0.25) is 9.59 Å². The minimum atomic E-state index is -0.779. The molecule has 0 saturated heterocycles. The van der Waals surface area contributed by atoms with Crippen molar-refractivity contribution in [1.29, 1.82) is 0 Å². The van der Waals surface area contributed by atoms with Crippen LogP contribution in [0.4, 0.5) is 4.79 Å². The number of carbonyl (C=O) groups excluding carboxylic acids is 2. The fraction of sp³-hybridized carbons (Fsp3) is 0.393. The van der Waals surface area contributed by atoms with Gasteiger partial charge in [-0.2, -0.15) is 0 Å². The Morgan fingerprint density at radius 1 is 1.09 bits per heavy atom. The Labute approximate surface area is 204 Å². The Morgan fingerprint density at radius 2 is 1.74 bits per heavy atom. The molecule has 0 aromatic heterocycles. The Morgan fingerprint density at radius 3 is 2.34 bits per heavy atom. The lowest BCUT2D eigenvalue weighted by Gasteiger charge is -2.22. The van der Waals surface area contributed by atoms with E-state index in [0.29, 0.717) is 32.1 Å². The van der Waals surface area contributed by atoms with Crippen molar-refractivity contribution in [3.63, 3.8) is 0 Å². The van der Waals surface area contributed by atoms with Gasteiger partial charge in [0.25, 0.3) is 0 Å². The van der Waals surface area contributed by atoms with Crippen molar-refractivity contribution in [2.45, 2.75) is 50.1 Å². The van der Waals surface area contributed by atoms with Crippen molar-refractivity contribution in [2.75, 3.05) is 6.61 Å². The molecule has 2 amide bonds. The summed E-state index contributed by atoms with van der Waals surface area (Å²) < 4.78 is 5.61. The van der Waals surface area contributed by atoms with Crippen LogP contribution in [0, 0.1) is 11.3 Å². The fourth-order valence-electron chi connectivity index (χ4n) is 5.90. The molecule has 7 nitrogen and oxygen atoms in total. The summed E-state index contributed by atoms with van der Waals surface area (Å²) in [5.41, 5.74) is 3.86. The Balaban J connectivity index is 1.20. The molecule has 0 aliphatic heterocycles. The maximum Gasteiger partial charge on any atom is 0.407 e. The number of allylic oxidation sites excluding steroid dienone is 1. The van der Waals surface area contributed by atoms with Crippen LogP contribution in [0.3, 0.4) is 0 Å². The number of amides is 2. The molecule has 4 atom stereocenters. The van der Waals surface area contributed by atoms with Crippen molar-refractivity contribution < 1.29 is 24.2 Å². The van der Waals surface area contributed by atoms with E-state index >= 15 is 0 Å². The van der Waals surface area contributed by atoms with Gasteiger partial charge in [-0.05, 0) is 60.3 Å². The van der Waals surface area contributed by atoms with E-state index in [4.69, 9.17) is 4.74 Å². The summed E-state index contributed by atoms with van der Waals surface area (Å²) in [5, 5.41) is 15.1. The van der Waals surface area contributed by atoms with Crippen molar-refractivity contribution >= 4 is 18.0 Å². The van der Waals surface area contributed by atoms with E-state index in [-0.39, 0.29) is 30.4 Å². The predicted octanol–water partition coefficient (Wildman–Crippen LogP) is 4.23. The number of rotatable bonds is 9. The van der Waals surface area contributed by atoms with Crippen LogP contribution in [-0.4, -0.2) is 41.8 Å². The monoisotopic (exact) mass is 474 g/mol. The number of hydrogen-bond acceptors (Lipinski definition) is 4. The summed E-state index contributed by atoms with van der Waals surface area (Å²) in [5.74, 6) is -1.02. The average molecular weight is 475 g/mol. The molecule has 7 heteroatoms. The summed E-state index contributed by atoms with van der Waals surface area (Å²) in [6.45, 7) is 3.88. The molecule has 1 unspecified atom stereocenters. The quantitative estimate of drug-likeness (QED) is 0.472. The second-order valence-electron chi connectivity index (χ2n) is 9.90. The first kappa shape index (κ1) is 23.1. The molecule has 3 aliphatic rings. The first-order valence-electron chi connectivity index (χ1n) is 12.2. The minimum Gasteiger partial charge on any atom is -0.481 e. The van der Waals surface area contributed by atoms with Gasteiger partial charge in [0, 0.05) is 12.0 Å². The number of hydrogen-bond donors (Lipinski definition) is 3. The number of aliphatic carboxylic acids is 1. The molecule has 0 bridgehead atoms. The molecule has 0 radical (unpaired) electrons. The van der Waals surface area contributed by atoms with E-state index in [2.05, 4.69) is 41.5 Å². The number of carbonyl (C=O) groups is 3. The number of fused-ring (bicyclic) bond motifs is 4. The molecule has 0 heterocycles. The third kappa shape index (κ3) is 4.31. The van der Waals surface area contributed by atoms with Crippen molar-refractivity contribution in [1.82, 2.24) is 10.6 Å². The van der Waals surface area contributed by atoms with Gasteiger partial charge < -0.3 is 20.5 Å². The van der Waals surface area contributed by atoms with E-state index < -0.39 is 23.5 Å². The second-order valence-corrected chi connectivity index (χ2v) is 9.90. The molecule has 182 valence electrons. The summed E-state index contributed by atoms with van der Waals surface area (Å²) in [7, 11) is 0. The lowest BCUT2D eigenvalue weighted by molar-refractivity contribution is -0.143. The van der Waals surface area contributed by atoms with Gasteiger partial charge in [0.05, 0.1) is 5.41 Å². The average Bonchev–Trinajstić information content (AvgIpc) is 3.28. The molecular formula is C28H30N2O5. The van der Waals surface area contributed by atoms with Gasteiger partial charge in [0.1, 0.15) is 12.6 Å². The fourth-order valence-corrected chi connectivity index (χ4v) is 5.90. The van der Waals surface area contributed by atoms with Crippen LogP contribution < -0.4 is 10.6 Å². The lowest BCUT2D eigenvalue weighted by Crippen LogP contribution is -2.49. The van der Waals surface area contributed by atoms with Gasteiger partial charge in [0.2, 0.25) is 5.91 Å². The zero-order valence-electron chi connectivity index (χ0n) is 19.5. The Bertz CT molecular complexity index is 1130. The van der Waals surface area contributed by atoms with Gasteiger partial charge >= 0.3 is 12.1 Å². The molecule has 3 N–H and O–H groups in total. The molecule has 0 spiro atoms. The first-order valence-corrected chi connectivity index (χ1v) is 12.2.